The average Bonchev–Trinajstić information content (AvgIpc) is 3.75. The van der Waals surface area contributed by atoms with Gasteiger partial charge in [0.15, 0.2) is 0 Å². The van der Waals surface area contributed by atoms with E-state index in [-0.39, 0.29) is 43.0 Å². The molecule has 0 aliphatic heterocycles. The lowest BCUT2D eigenvalue weighted by atomic mass is 10.0. The Balaban J connectivity index is 1.55. The molecule has 10 heteroatoms. The lowest BCUT2D eigenvalue weighted by Gasteiger charge is -2.31. The maximum Gasteiger partial charge on any atom is 0.247 e. The van der Waals surface area contributed by atoms with Crippen LogP contribution in [0.25, 0.3) is 0 Å². The highest BCUT2D eigenvalue weighted by atomic mass is 32.2. The van der Waals surface area contributed by atoms with Gasteiger partial charge in [0.25, 0.3) is 0 Å². The number of amides is 2. The van der Waals surface area contributed by atoms with Crippen LogP contribution in [0.1, 0.15) is 42.0 Å². The van der Waals surface area contributed by atoms with Crippen molar-refractivity contribution in [3.05, 3.63) is 101 Å². The molecule has 39 heavy (non-hydrogen) atoms. The van der Waals surface area contributed by atoms with Crippen LogP contribution in [0, 0.1) is 5.82 Å². The van der Waals surface area contributed by atoms with Gasteiger partial charge in [-0.1, -0.05) is 54.6 Å². The number of benzene rings is 3. The van der Waals surface area contributed by atoms with E-state index in [4.69, 9.17) is 0 Å². The van der Waals surface area contributed by atoms with E-state index in [2.05, 4.69) is 10.0 Å². The quantitative estimate of drug-likeness (QED) is 0.301. The van der Waals surface area contributed by atoms with Gasteiger partial charge in [-0.3, -0.25) is 9.59 Å². The second-order valence-electron chi connectivity index (χ2n) is 9.52. The number of carbonyl (C=O) groups excluding carboxylic acids is 2. The Morgan fingerprint density at radius 3 is 2.21 bits per heavy atom. The minimum atomic E-state index is -3.57. The van der Waals surface area contributed by atoms with Crippen molar-refractivity contribution in [2.75, 3.05) is 13.2 Å². The molecule has 0 radical (unpaired) electrons. The number of nitrogens with zero attached hydrogens (tertiary/aromatic N) is 1. The number of aliphatic hydroxyl groups is 1. The topological polar surface area (TPSA) is 116 Å². The number of aliphatic hydroxyl groups excluding tert-OH is 1. The summed E-state index contributed by atoms with van der Waals surface area (Å²) >= 11 is 0. The maximum absolute atomic E-state index is 13.7. The number of halogens is 1. The molecule has 3 N–H and O–H groups in total. The van der Waals surface area contributed by atoms with E-state index >= 15 is 0 Å². The lowest BCUT2D eigenvalue weighted by Crippen LogP contribution is -2.44. The molecular formula is C29H32FN3O5S. The Labute approximate surface area is 227 Å². The maximum atomic E-state index is 13.7. The minimum absolute atomic E-state index is 0.00604. The Bertz CT molecular complexity index is 1360. The lowest BCUT2D eigenvalue weighted by molar-refractivity contribution is -0.141. The van der Waals surface area contributed by atoms with E-state index in [1.165, 1.54) is 29.2 Å². The predicted octanol–water partition coefficient (Wildman–Crippen LogP) is 3.08. The van der Waals surface area contributed by atoms with E-state index < -0.39 is 27.8 Å². The van der Waals surface area contributed by atoms with Gasteiger partial charge < -0.3 is 15.3 Å². The summed E-state index contributed by atoms with van der Waals surface area (Å²) in [5.41, 5.74) is 2.02. The van der Waals surface area contributed by atoms with Gasteiger partial charge in [-0.05, 0) is 60.2 Å². The number of sulfonamides is 1. The summed E-state index contributed by atoms with van der Waals surface area (Å²) in [6.45, 7) is -0.151. The van der Waals surface area contributed by atoms with Crippen LogP contribution in [0.4, 0.5) is 4.39 Å². The molecule has 0 aromatic heterocycles. The molecule has 1 aliphatic rings. The molecule has 1 fully saturated rings. The van der Waals surface area contributed by atoms with Gasteiger partial charge in [-0.15, -0.1) is 0 Å². The van der Waals surface area contributed by atoms with Crippen molar-refractivity contribution in [2.45, 2.75) is 49.2 Å². The molecule has 1 aliphatic carbocycles. The zero-order valence-electron chi connectivity index (χ0n) is 21.4. The van der Waals surface area contributed by atoms with Gasteiger partial charge in [0.2, 0.25) is 21.8 Å². The highest BCUT2D eigenvalue weighted by Gasteiger charge is 2.31. The summed E-state index contributed by atoms with van der Waals surface area (Å²) in [6.07, 6.45) is 2.07. The summed E-state index contributed by atoms with van der Waals surface area (Å²) in [5, 5.41) is 11.9. The number of hydrogen-bond donors (Lipinski definition) is 3. The van der Waals surface area contributed by atoms with Gasteiger partial charge in [0, 0.05) is 25.6 Å². The zero-order valence-corrected chi connectivity index (χ0v) is 22.2. The minimum Gasteiger partial charge on any atom is -0.395 e. The normalized spacial score (nSPS) is 14.0. The predicted molar refractivity (Wildman–Crippen MR) is 144 cm³/mol. The van der Waals surface area contributed by atoms with Crippen LogP contribution >= 0.6 is 0 Å². The van der Waals surface area contributed by atoms with Crippen LogP contribution in [-0.2, 0) is 32.6 Å². The van der Waals surface area contributed by atoms with Crippen molar-refractivity contribution in [3.63, 3.8) is 0 Å². The van der Waals surface area contributed by atoms with Crippen molar-refractivity contribution in [3.8, 4) is 0 Å². The van der Waals surface area contributed by atoms with Gasteiger partial charge in [-0.2, -0.15) is 0 Å². The fourth-order valence-electron chi connectivity index (χ4n) is 4.21. The second-order valence-corrected chi connectivity index (χ2v) is 11.2. The molecule has 0 heterocycles. The Morgan fingerprint density at radius 2 is 1.59 bits per heavy atom. The largest absolute Gasteiger partial charge is 0.395 e. The van der Waals surface area contributed by atoms with Crippen LogP contribution in [0.3, 0.4) is 0 Å². The average molecular weight is 554 g/mol. The highest BCUT2D eigenvalue weighted by Crippen LogP contribution is 2.26. The standard InChI is InChI=1S/C29H32FN3O5S/c30-24-11-6-22(7-12-24)20-33(28(29(36)31-18-19-34)23-4-2-1-3-5-23)27(35)17-10-21-8-15-26(16-9-21)39(37,38)32-25-13-14-25/h1-9,11-12,15-16,25,28,32,34H,10,13-14,17-20H2,(H,31,36). The number of nitrogens with one attached hydrogen (secondary N) is 2. The Morgan fingerprint density at radius 1 is 0.949 bits per heavy atom. The number of carbonyl (C=O) groups is 2. The molecule has 0 spiro atoms. The molecule has 0 bridgehead atoms. The van der Waals surface area contributed by atoms with E-state index in [0.717, 1.165) is 18.4 Å². The summed E-state index contributed by atoms with van der Waals surface area (Å²) in [5.74, 6) is -1.16. The third kappa shape index (κ3) is 7.95. The summed E-state index contributed by atoms with van der Waals surface area (Å²) in [4.78, 5) is 28.5. The third-order valence-electron chi connectivity index (χ3n) is 6.43. The van der Waals surface area contributed by atoms with E-state index in [0.29, 0.717) is 17.5 Å². The van der Waals surface area contributed by atoms with Gasteiger partial charge >= 0.3 is 0 Å². The first-order chi connectivity index (χ1) is 18.8. The van der Waals surface area contributed by atoms with Crippen LogP contribution in [0.15, 0.2) is 83.8 Å². The summed E-state index contributed by atoms with van der Waals surface area (Å²) in [6, 6.07) is 20.0. The van der Waals surface area contributed by atoms with Crippen molar-refractivity contribution in [2.24, 2.45) is 0 Å². The van der Waals surface area contributed by atoms with Crippen molar-refractivity contribution in [1.82, 2.24) is 14.9 Å². The van der Waals surface area contributed by atoms with Crippen molar-refractivity contribution < 1.29 is 27.5 Å². The van der Waals surface area contributed by atoms with Crippen LogP contribution in [-0.4, -0.2) is 49.4 Å². The smallest absolute Gasteiger partial charge is 0.247 e. The van der Waals surface area contributed by atoms with E-state index in [9.17, 15) is 27.5 Å². The Hall–Kier alpha value is -3.60. The molecule has 3 aromatic carbocycles. The zero-order chi connectivity index (χ0) is 27.8. The first kappa shape index (κ1) is 28.4. The SMILES string of the molecule is O=C(NCCO)C(c1ccccc1)N(Cc1ccc(F)cc1)C(=O)CCc1ccc(S(=O)(=O)NC2CC2)cc1. The fraction of sp³-hybridized carbons (Fsp3) is 0.310. The molecule has 1 atom stereocenters. The fourth-order valence-corrected chi connectivity index (χ4v) is 5.52. The molecule has 2 amide bonds. The first-order valence-electron chi connectivity index (χ1n) is 12.9. The first-order valence-corrected chi connectivity index (χ1v) is 14.3. The van der Waals surface area contributed by atoms with Crippen molar-refractivity contribution >= 4 is 21.8 Å². The van der Waals surface area contributed by atoms with Gasteiger partial charge in [0.05, 0.1) is 11.5 Å². The Kier molecular flexibility index (Phi) is 9.45. The number of rotatable bonds is 13. The molecule has 206 valence electrons. The summed E-state index contributed by atoms with van der Waals surface area (Å²) in [7, 11) is -3.57. The van der Waals surface area contributed by atoms with Crippen LogP contribution in [0.2, 0.25) is 0 Å². The number of hydrogen-bond acceptors (Lipinski definition) is 5. The highest BCUT2D eigenvalue weighted by molar-refractivity contribution is 7.89. The molecule has 4 rings (SSSR count). The van der Waals surface area contributed by atoms with Crippen molar-refractivity contribution in [1.29, 1.82) is 0 Å². The van der Waals surface area contributed by atoms with E-state index in [1.807, 2.05) is 6.07 Å². The van der Waals surface area contributed by atoms with Gasteiger partial charge in [0.1, 0.15) is 11.9 Å². The second kappa shape index (κ2) is 13.0. The molecule has 0 saturated heterocycles. The van der Waals surface area contributed by atoms with E-state index in [1.54, 1.807) is 48.5 Å². The van der Waals surface area contributed by atoms with Crippen LogP contribution in [0.5, 0.6) is 0 Å². The molecular weight excluding hydrogens is 521 g/mol. The number of aryl methyl sites for hydroxylation is 1. The van der Waals surface area contributed by atoms with Gasteiger partial charge in [-0.25, -0.2) is 17.5 Å². The molecule has 8 nitrogen and oxygen atoms in total. The van der Waals surface area contributed by atoms with Crippen LogP contribution < -0.4 is 10.0 Å². The molecule has 1 saturated carbocycles. The third-order valence-corrected chi connectivity index (χ3v) is 7.97. The monoisotopic (exact) mass is 553 g/mol. The molecule has 1 unspecified atom stereocenters. The summed E-state index contributed by atoms with van der Waals surface area (Å²) < 4.78 is 41.1. The molecule has 3 aromatic rings.